The molecule has 2 aromatic carbocycles. The van der Waals surface area contributed by atoms with E-state index < -0.39 is 5.60 Å². The number of carbonyl (C=O) groups is 1. The Morgan fingerprint density at radius 3 is 2.69 bits per heavy atom. The maximum atomic E-state index is 13.1. The van der Waals surface area contributed by atoms with Crippen LogP contribution >= 0.6 is 0 Å². The van der Waals surface area contributed by atoms with E-state index >= 15 is 0 Å². The number of amides is 1. The highest BCUT2D eigenvalue weighted by atomic mass is 16.6. The summed E-state index contributed by atoms with van der Waals surface area (Å²) in [5.74, 6) is 2.72. The Bertz CT molecular complexity index is 1100. The van der Waals surface area contributed by atoms with Crippen molar-refractivity contribution in [2.24, 2.45) is 17.3 Å². The Hall–Kier alpha value is -2.75. The van der Waals surface area contributed by atoms with Gasteiger partial charge in [-0.15, -0.1) is 0 Å². The van der Waals surface area contributed by atoms with Crippen molar-refractivity contribution in [3.05, 3.63) is 71.9 Å². The summed E-state index contributed by atoms with van der Waals surface area (Å²) in [7, 11) is 1.74. The number of benzene rings is 2. The zero-order chi connectivity index (χ0) is 22.1. The summed E-state index contributed by atoms with van der Waals surface area (Å²) in [5.41, 5.74) is 3.98. The number of fused-ring (bicyclic) bond motifs is 6. The fraction of sp³-hybridized carbons (Fsp3) is 0.464. The van der Waals surface area contributed by atoms with E-state index in [0.29, 0.717) is 17.8 Å². The van der Waals surface area contributed by atoms with Crippen LogP contribution < -0.4 is 9.64 Å². The van der Waals surface area contributed by atoms with Crippen LogP contribution in [0.2, 0.25) is 0 Å². The second-order valence-electron chi connectivity index (χ2n) is 10.3. The van der Waals surface area contributed by atoms with Gasteiger partial charge < -0.3 is 9.47 Å². The topological polar surface area (TPSA) is 38.8 Å². The van der Waals surface area contributed by atoms with Crippen molar-refractivity contribution in [1.29, 1.82) is 0 Å². The van der Waals surface area contributed by atoms with Crippen molar-refractivity contribution in [3.8, 4) is 5.75 Å². The van der Waals surface area contributed by atoms with E-state index in [4.69, 9.17) is 9.47 Å². The normalized spacial score (nSPS) is 35.3. The van der Waals surface area contributed by atoms with Crippen molar-refractivity contribution in [3.63, 3.8) is 0 Å². The third-order valence-electron chi connectivity index (χ3n) is 9.25. The van der Waals surface area contributed by atoms with Gasteiger partial charge in [-0.05, 0) is 91.7 Å². The van der Waals surface area contributed by atoms with Gasteiger partial charge in [0.2, 0.25) is 0 Å². The molecule has 4 nitrogen and oxygen atoms in total. The number of carbonyl (C=O) groups excluding carboxylic acids is 1. The summed E-state index contributed by atoms with van der Waals surface area (Å²) in [5, 5.41) is 0. The Morgan fingerprint density at radius 2 is 1.91 bits per heavy atom. The van der Waals surface area contributed by atoms with Gasteiger partial charge in [-0.2, -0.15) is 0 Å². The third-order valence-corrected chi connectivity index (χ3v) is 9.25. The molecule has 2 aromatic rings. The maximum Gasteiger partial charge on any atom is 0.419 e. The Kier molecular flexibility index (Phi) is 4.27. The second kappa shape index (κ2) is 6.87. The van der Waals surface area contributed by atoms with Gasteiger partial charge in [0.25, 0.3) is 0 Å². The molecule has 0 radical (unpaired) electrons. The summed E-state index contributed by atoms with van der Waals surface area (Å²) in [6.45, 7) is 6.83. The Balaban J connectivity index is 1.34. The molecule has 1 heterocycles. The molecule has 3 aliphatic carbocycles. The van der Waals surface area contributed by atoms with E-state index in [-0.39, 0.29) is 11.5 Å². The first-order valence-corrected chi connectivity index (χ1v) is 11.9. The highest BCUT2D eigenvalue weighted by molar-refractivity contribution is 5.95. The number of methoxy groups -OCH3 is 1. The van der Waals surface area contributed by atoms with Crippen LogP contribution in [-0.2, 0) is 11.2 Å². The van der Waals surface area contributed by atoms with Gasteiger partial charge in [0, 0.05) is 5.41 Å². The lowest BCUT2D eigenvalue weighted by atomic mass is 9.53. The lowest BCUT2D eigenvalue weighted by Gasteiger charge is -2.53. The minimum absolute atomic E-state index is 0.0750. The minimum Gasteiger partial charge on any atom is -0.497 e. The van der Waals surface area contributed by atoms with Gasteiger partial charge in [-0.3, -0.25) is 0 Å². The average Bonchev–Trinajstić information content (AvgIpc) is 3.26. The van der Waals surface area contributed by atoms with E-state index in [1.165, 1.54) is 17.5 Å². The molecule has 32 heavy (non-hydrogen) atoms. The molecular weight excluding hydrogens is 398 g/mol. The molecule has 4 heteroatoms. The van der Waals surface area contributed by atoms with Crippen LogP contribution in [-0.4, -0.2) is 18.8 Å². The van der Waals surface area contributed by atoms with Crippen molar-refractivity contribution >= 4 is 11.8 Å². The van der Waals surface area contributed by atoms with Gasteiger partial charge in [-0.25, -0.2) is 9.69 Å². The monoisotopic (exact) mass is 429 g/mol. The highest BCUT2D eigenvalue weighted by Gasteiger charge is 2.69. The highest BCUT2D eigenvalue weighted by Crippen LogP contribution is 2.68. The smallest absolute Gasteiger partial charge is 0.419 e. The fourth-order valence-electron chi connectivity index (χ4n) is 7.71. The number of hydrogen-bond acceptors (Lipinski definition) is 3. The largest absolute Gasteiger partial charge is 0.497 e. The fourth-order valence-corrected chi connectivity index (χ4v) is 7.71. The number of para-hydroxylation sites is 1. The number of aryl methyl sites for hydroxylation is 1. The van der Waals surface area contributed by atoms with Gasteiger partial charge in [0.1, 0.15) is 5.75 Å². The number of ether oxygens (including phenoxy) is 2. The van der Waals surface area contributed by atoms with Crippen molar-refractivity contribution in [1.82, 2.24) is 0 Å². The molecule has 1 aliphatic heterocycles. The molecule has 0 unspecified atom stereocenters. The molecule has 1 amide bonds. The molecule has 0 bridgehead atoms. The van der Waals surface area contributed by atoms with E-state index in [1.807, 2.05) is 30.3 Å². The van der Waals surface area contributed by atoms with Crippen LogP contribution in [0, 0.1) is 17.3 Å². The summed E-state index contributed by atoms with van der Waals surface area (Å²) in [4.78, 5) is 14.8. The molecule has 1 spiro atoms. The van der Waals surface area contributed by atoms with Crippen LogP contribution in [0.1, 0.15) is 56.1 Å². The van der Waals surface area contributed by atoms with E-state index in [1.54, 1.807) is 12.0 Å². The van der Waals surface area contributed by atoms with Gasteiger partial charge >= 0.3 is 6.09 Å². The van der Waals surface area contributed by atoms with Crippen LogP contribution in [0.5, 0.6) is 5.75 Å². The number of anilines is 1. The zero-order valence-electron chi connectivity index (χ0n) is 19.0. The predicted octanol–water partition coefficient (Wildman–Crippen LogP) is 6.46. The molecule has 3 fully saturated rings. The molecule has 0 N–H and O–H groups in total. The van der Waals surface area contributed by atoms with Gasteiger partial charge in [0.05, 0.1) is 18.5 Å². The van der Waals surface area contributed by atoms with Gasteiger partial charge in [-0.1, -0.05) is 37.8 Å². The molecule has 1 saturated heterocycles. The molecule has 166 valence electrons. The lowest BCUT2D eigenvalue weighted by molar-refractivity contribution is -0.0682. The lowest BCUT2D eigenvalue weighted by Crippen LogP contribution is -2.51. The van der Waals surface area contributed by atoms with Crippen LogP contribution in [0.25, 0.3) is 0 Å². The van der Waals surface area contributed by atoms with E-state index in [9.17, 15) is 4.79 Å². The standard InChI is InChI=1S/C28H31NO3/c1-18-28(32-26(30)29(18)20-7-5-4-6-8-20)16-14-25-24-11-9-19-17-21(31-3)10-12-22(19)23(24)13-15-27(25,28)2/h4-8,10,12,17,23-25H,1,9,11,13-16H2,2-3H3/t23-,24-,25+,27+,28-/m1/s1. The van der Waals surface area contributed by atoms with Crippen LogP contribution in [0.3, 0.4) is 0 Å². The van der Waals surface area contributed by atoms with Crippen molar-refractivity contribution in [2.45, 2.75) is 57.0 Å². The number of hydrogen-bond donors (Lipinski definition) is 0. The molecule has 0 aromatic heterocycles. The SMILES string of the molecule is C=C1N(c2ccccc2)C(=O)O[C@]12CC[C@H]1[C@@H]3CCc4cc(OC)ccc4[C@H]3CC[C@@]12C. The Labute approximate surface area is 190 Å². The molecule has 2 saturated carbocycles. The van der Waals surface area contributed by atoms with Gasteiger partial charge in [0.15, 0.2) is 5.60 Å². The first-order chi connectivity index (χ1) is 15.5. The summed E-state index contributed by atoms with van der Waals surface area (Å²) in [6, 6.07) is 16.4. The number of rotatable bonds is 2. The quantitative estimate of drug-likeness (QED) is 0.550. The molecular formula is C28H31NO3. The zero-order valence-corrected chi connectivity index (χ0v) is 19.0. The molecule has 5 atom stereocenters. The summed E-state index contributed by atoms with van der Waals surface area (Å²) in [6.07, 6.45) is 6.19. The molecule has 4 aliphatic rings. The second-order valence-corrected chi connectivity index (χ2v) is 10.3. The van der Waals surface area contributed by atoms with Crippen molar-refractivity contribution < 1.29 is 14.3 Å². The first-order valence-electron chi connectivity index (χ1n) is 11.9. The van der Waals surface area contributed by atoms with Crippen LogP contribution in [0.15, 0.2) is 60.8 Å². The van der Waals surface area contributed by atoms with E-state index in [2.05, 4.69) is 31.7 Å². The average molecular weight is 430 g/mol. The number of nitrogens with zero attached hydrogens (tertiary/aromatic N) is 1. The van der Waals surface area contributed by atoms with E-state index in [0.717, 1.165) is 49.2 Å². The maximum absolute atomic E-state index is 13.1. The minimum atomic E-state index is -0.588. The Morgan fingerprint density at radius 1 is 1.09 bits per heavy atom. The summed E-state index contributed by atoms with van der Waals surface area (Å²) >= 11 is 0. The summed E-state index contributed by atoms with van der Waals surface area (Å²) < 4.78 is 11.8. The first kappa shape index (κ1) is 19.9. The predicted molar refractivity (Wildman–Crippen MR) is 125 cm³/mol. The third kappa shape index (κ3) is 2.47. The molecule has 6 rings (SSSR count). The van der Waals surface area contributed by atoms with Crippen molar-refractivity contribution in [2.75, 3.05) is 12.0 Å². The van der Waals surface area contributed by atoms with Crippen LogP contribution in [0.4, 0.5) is 10.5 Å².